The van der Waals surface area contributed by atoms with Gasteiger partial charge >= 0.3 is 11.8 Å². The number of nitrogens with one attached hydrogen (secondary N) is 2. The molecule has 94 valence electrons. The number of unbranched alkanes of at least 4 members (excludes halogenated alkanes) is 2. The number of hydrogen-bond donors (Lipinski definition) is 3. The zero-order valence-electron chi connectivity index (χ0n) is 10.4. The van der Waals surface area contributed by atoms with E-state index in [1.165, 1.54) is 12.8 Å². The summed E-state index contributed by atoms with van der Waals surface area (Å²) in [4.78, 5) is 22.0. The first-order valence-corrected chi connectivity index (χ1v) is 5.71. The predicted molar refractivity (Wildman–Crippen MR) is 63.3 cm³/mol. The summed E-state index contributed by atoms with van der Waals surface area (Å²) in [7, 11) is 0. The van der Waals surface area contributed by atoms with Crippen LogP contribution in [0.1, 0.15) is 46.5 Å². The Labute approximate surface area is 97.1 Å². The van der Waals surface area contributed by atoms with Crippen molar-refractivity contribution in [1.82, 2.24) is 10.7 Å². The van der Waals surface area contributed by atoms with E-state index in [0.29, 0.717) is 6.54 Å². The molecule has 2 amide bonds. The molecule has 16 heavy (non-hydrogen) atoms. The molecular weight excluding hydrogens is 206 g/mol. The normalized spacial score (nSPS) is 11.0. The number of hydrazine groups is 1. The number of carbonyl (C=O) groups is 2. The number of amides is 2. The molecule has 0 aliphatic heterocycles. The number of nitrogens with two attached hydrogens (primary N) is 1. The van der Waals surface area contributed by atoms with E-state index in [9.17, 15) is 9.59 Å². The molecule has 0 atom stereocenters. The summed E-state index contributed by atoms with van der Waals surface area (Å²) >= 11 is 0. The van der Waals surface area contributed by atoms with Crippen molar-refractivity contribution >= 4 is 11.8 Å². The average Bonchev–Trinajstić information content (AvgIpc) is 2.25. The fourth-order valence-electron chi connectivity index (χ4n) is 1.41. The maximum absolute atomic E-state index is 11.1. The largest absolute Gasteiger partial charge is 0.347 e. The highest BCUT2D eigenvalue weighted by molar-refractivity contribution is 6.34. The fraction of sp³-hybridized carbons (Fsp3) is 0.818. The Kier molecular flexibility index (Phi) is 6.72. The monoisotopic (exact) mass is 229 g/mol. The molecule has 0 heterocycles. The number of carbonyl (C=O) groups excluding carboxylic acids is 2. The van der Waals surface area contributed by atoms with E-state index in [0.717, 1.165) is 12.8 Å². The van der Waals surface area contributed by atoms with Gasteiger partial charge in [-0.25, -0.2) is 5.84 Å². The highest BCUT2D eigenvalue weighted by Gasteiger charge is 2.20. The van der Waals surface area contributed by atoms with Crippen molar-refractivity contribution in [1.29, 1.82) is 0 Å². The third-order valence-electron chi connectivity index (χ3n) is 2.52. The van der Waals surface area contributed by atoms with Crippen molar-refractivity contribution in [3.63, 3.8) is 0 Å². The average molecular weight is 229 g/mol. The molecule has 5 nitrogen and oxygen atoms in total. The second-order valence-electron chi connectivity index (χ2n) is 4.78. The molecule has 4 N–H and O–H groups in total. The van der Waals surface area contributed by atoms with Gasteiger partial charge in [0.25, 0.3) is 0 Å². The minimum atomic E-state index is -0.802. The highest BCUT2D eigenvalue weighted by atomic mass is 16.2. The van der Waals surface area contributed by atoms with Crippen LogP contribution in [0.5, 0.6) is 0 Å². The topological polar surface area (TPSA) is 84.2 Å². The van der Waals surface area contributed by atoms with Crippen molar-refractivity contribution in [2.75, 3.05) is 6.54 Å². The van der Waals surface area contributed by atoms with Crippen LogP contribution in [-0.2, 0) is 9.59 Å². The lowest BCUT2D eigenvalue weighted by Gasteiger charge is -2.24. The van der Waals surface area contributed by atoms with Crippen LogP contribution in [0, 0.1) is 5.41 Å². The van der Waals surface area contributed by atoms with Crippen LogP contribution in [0.2, 0.25) is 0 Å². The van der Waals surface area contributed by atoms with Gasteiger partial charge in [-0.2, -0.15) is 0 Å². The van der Waals surface area contributed by atoms with Crippen molar-refractivity contribution in [3.05, 3.63) is 0 Å². The van der Waals surface area contributed by atoms with Crippen LogP contribution in [0.3, 0.4) is 0 Å². The van der Waals surface area contributed by atoms with Crippen LogP contribution in [0.25, 0.3) is 0 Å². The summed E-state index contributed by atoms with van der Waals surface area (Å²) in [6, 6.07) is 0. The number of rotatable bonds is 6. The molecule has 0 aliphatic rings. The second kappa shape index (κ2) is 7.22. The van der Waals surface area contributed by atoms with Gasteiger partial charge in [0.2, 0.25) is 0 Å². The summed E-state index contributed by atoms with van der Waals surface area (Å²) in [6.07, 6.45) is 4.55. The lowest BCUT2D eigenvalue weighted by molar-refractivity contribution is -0.139. The molecule has 0 fully saturated rings. The Morgan fingerprint density at radius 2 is 1.81 bits per heavy atom. The Bertz CT molecular complexity index is 239. The summed E-state index contributed by atoms with van der Waals surface area (Å²) in [5.41, 5.74) is 1.82. The molecule has 0 spiro atoms. The Morgan fingerprint density at radius 1 is 1.19 bits per heavy atom. The lowest BCUT2D eigenvalue weighted by Crippen LogP contribution is -2.45. The maximum Gasteiger partial charge on any atom is 0.323 e. The van der Waals surface area contributed by atoms with Crippen LogP contribution < -0.4 is 16.6 Å². The molecular formula is C11H23N3O2. The van der Waals surface area contributed by atoms with Crippen LogP contribution in [-0.4, -0.2) is 18.4 Å². The van der Waals surface area contributed by atoms with E-state index in [1.54, 1.807) is 5.43 Å². The molecule has 5 heteroatoms. The van der Waals surface area contributed by atoms with Crippen molar-refractivity contribution in [3.8, 4) is 0 Å². The highest BCUT2D eigenvalue weighted by Crippen LogP contribution is 2.22. The SMILES string of the molecule is CCCCCC(C)(C)CNC(=O)C(=O)NN. The molecule has 0 bridgehead atoms. The molecule has 0 aromatic carbocycles. The van der Waals surface area contributed by atoms with Crippen molar-refractivity contribution < 1.29 is 9.59 Å². The van der Waals surface area contributed by atoms with Gasteiger partial charge < -0.3 is 5.32 Å². The van der Waals surface area contributed by atoms with E-state index < -0.39 is 11.8 Å². The molecule has 0 saturated carbocycles. The maximum atomic E-state index is 11.1. The second-order valence-corrected chi connectivity index (χ2v) is 4.78. The first kappa shape index (κ1) is 14.9. The van der Waals surface area contributed by atoms with Gasteiger partial charge in [0.15, 0.2) is 0 Å². The summed E-state index contributed by atoms with van der Waals surface area (Å²) in [5.74, 6) is 3.37. The quantitative estimate of drug-likeness (QED) is 0.206. The van der Waals surface area contributed by atoms with Gasteiger partial charge in [0, 0.05) is 6.54 Å². The third kappa shape index (κ3) is 6.40. The minimum Gasteiger partial charge on any atom is -0.347 e. The molecule has 0 radical (unpaired) electrons. The van der Waals surface area contributed by atoms with E-state index >= 15 is 0 Å². The minimum absolute atomic E-state index is 0.0136. The molecule has 0 unspecified atom stereocenters. The Balaban J connectivity index is 3.89. The molecule has 0 aromatic rings. The molecule has 0 saturated heterocycles. The van der Waals surface area contributed by atoms with Crippen molar-refractivity contribution in [2.24, 2.45) is 11.3 Å². The first-order valence-electron chi connectivity index (χ1n) is 5.71. The van der Waals surface area contributed by atoms with Gasteiger partial charge in [-0.05, 0) is 11.8 Å². The summed E-state index contributed by atoms with van der Waals surface area (Å²) in [5, 5.41) is 2.57. The van der Waals surface area contributed by atoms with Crippen LogP contribution in [0.4, 0.5) is 0 Å². The van der Waals surface area contributed by atoms with E-state index in [2.05, 4.69) is 26.1 Å². The van der Waals surface area contributed by atoms with Crippen molar-refractivity contribution in [2.45, 2.75) is 46.5 Å². The van der Waals surface area contributed by atoms with Gasteiger partial charge in [-0.15, -0.1) is 0 Å². The fourth-order valence-corrected chi connectivity index (χ4v) is 1.41. The predicted octanol–water partition coefficient (Wildman–Crippen LogP) is 0.699. The van der Waals surface area contributed by atoms with E-state index in [1.807, 2.05) is 0 Å². The molecule has 0 aromatic heterocycles. The van der Waals surface area contributed by atoms with Crippen LogP contribution >= 0.6 is 0 Å². The van der Waals surface area contributed by atoms with Gasteiger partial charge in [-0.3, -0.25) is 15.0 Å². The van der Waals surface area contributed by atoms with Crippen LogP contribution in [0.15, 0.2) is 0 Å². The third-order valence-corrected chi connectivity index (χ3v) is 2.52. The lowest BCUT2D eigenvalue weighted by atomic mass is 9.87. The number of hydrogen-bond acceptors (Lipinski definition) is 3. The van der Waals surface area contributed by atoms with Gasteiger partial charge in [0.05, 0.1) is 0 Å². The molecule has 0 aliphatic carbocycles. The summed E-state index contributed by atoms with van der Waals surface area (Å²) < 4.78 is 0. The standard InChI is InChI=1S/C11H23N3O2/c1-4-5-6-7-11(2,3)8-13-9(15)10(16)14-12/h4-8,12H2,1-3H3,(H,13,15)(H,14,16). The zero-order valence-corrected chi connectivity index (χ0v) is 10.4. The van der Waals surface area contributed by atoms with E-state index in [-0.39, 0.29) is 5.41 Å². The zero-order chi connectivity index (χ0) is 12.6. The Hall–Kier alpha value is -1.10. The molecule has 0 rings (SSSR count). The first-order chi connectivity index (χ1) is 7.43. The van der Waals surface area contributed by atoms with Gasteiger partial charge in [0.1, 0.15) is 0 Å². The Morgan fingerprint density at radius 3 is 2.31 bits per heavy atom. The smallest absolute Gasteiger partial charge is 0.323 e. The van der Waals surface area contributed by atoms with Gasteiger partial charge in [-0.1, -0.05) is 40.0 Å². The van der Waals surface area contributed by atoms with E-state index in [4.69, 9.17) is 5.84 Å². The summed E-state index contributed by atoms with van der Waals surface area (Å²) in [6.45, 7) is 6.79.